The molecule has 1 heterocycles. The summed E-state index contributed by atoms with van der Waals surface area (Å²) >= 11 is 0. The van der Waals surface area contributed by atoms with Gasteiger partial charge in [0.15, 0.2) is 0 Å². The number of hydrogen-bond donors (Lipinski definition) is 0. The fourth-order valence-electron chi connectivity index (χ4n) is 1.50. The first-order chi connectivity index (χ1) is 8.39. The fraction of sp³-hybridized carbons (Fsp3) is 0.0833. The first-order valence-corrected chi connectivity index (χ1v) is 4.87. The minimum Gasteiger partial charge on any atom is -0.228 e. The van der Waals surface area contributed by atoms with Gasteiger partial charge in [0.05, 0.1) is 11.1 Å². The minimum absolute atomic E-state index is 0.00565. The zero-order valence-electron chi connectivity index (χ0n) is 8.80. The first-order valence-electron chi connectivity index (χ1n) is 4.87. The molecule has 2 rings (SSSR count). The van der Waals surface area contributed by atoms with E-state index >= 15 is 0 Å². The molecule has 94 valence electrons. The standard InChI is InChI=1S/C12H6F5N/c13-9-5-6-18-11(14)10(9)7-1-3-8(4-2-7)12(15,16)17/h1-6H. The van der Waals surface area contributed by atoms with Crippen LogP contribution < -0.4 is 0 Å². The summed E-state index contributed by atoms with van der Waals surface area (Å²) < 4.78 is 63.6. The van der Waals surface area contributed by atoms with Crippen LogP contribution >= 0.6 is 0 Å². The van der Waals surface area contributed by atoms with Gasteiger partial charge in [0.25, 0.3) is 0 Å². The van der Waals surface area contributed by atoms with Crippen molar-refractivity contribution in [1.29, 1.82) is 0 Å². The second kappa shape index (κ2) is 4.36. The average molecular weight is 259 g/mol. The molecule has 0 aliphatic carbocycles. The molecule has 1 aromatic carbocycles. The van der Waals surface area contributed by atoms with E-state index in [0.717, 1.165) is 36.5 Å². The largest absolute Gasteiger partial charge is 0.416 e. The normalized spacial score (nSPS) is 11.6. The molecule has 0 atom stereocenters. The highest BCUT2D eigenvalue weighted by molar-refractivity contribution is 5.64. The number of benzene rings is 1. The minimum atomic E-state index is -4.48. The van der Waals surface area contributed by atoms with E-state index in [-0.39, 0.29) is 5.56 Å². The first kappa shape index (κ1) is 12.5. The number of aromatic nitrogens is 1. The van der Waals surface area contributed by atoms with E-state index in [1.54, 1.807) is 0 Å². The molecule has 0 saturated heterocycles. The number of rotatable bonds is 1. The van der Waals surface area contributed by atoms with E-state index in [9.17, 15) is 22.0 Å². The molecule has 0 radical (unpaired) electrons. The SMILES string of the molecule is Fc1ccnc(F)c1-c1ccc(C(F)(F)F)cc1. The van der Waals surface area contributed by atoms with E-state index in [4.69, 9.17) is 0 Å². The van der Waals surface area contributed by atoms with Crippen LogP contribution in [0.2, 0.25) is 0 Å². The molecule has 0 N–H and O–H groups in total. The van der Waals surface area contributed by atoms with Gasteiger partial charge in [-0.05, 0) is 23.8 Å². The van der Waals surface area contributed by atoms with Crippen LogP contribution in [0.4, 0.5) is 22.0 Å². The van der Waals surface area contributed by atoms with Crippen molar-refractivity contribution >= 4 is 0 Å². The van der Waals surface area contributed by atoms with Gasteiger partial charge >= 0.3 is 6.18 Å². The van der Waals surface area contributed by atoms with Crippen LogP contribution in [0.25, 0.3) is 11.1 Å². The Balaban J connectivity index is 2.47. The van der Waals surface area contributed by atoms with Crippen molar-refractivity contribution in [3.05, 3.63) is 53.9 Å². The molecule has 6 heteroatoms. The maximum absolute atomic E-state index is 13.4. The zero-order valence-corrected chi connectivity index (χ0v) is 8.80. The molecule has 2 aromatic rings. The van der Waals surface area contributed by atoms with Gasteiger partial charge in [-0.2, -0.15) is 17.6 Å². The molecule has 0 aliphatic rings. The summed E-state index contributed by atoms with van der Waals surface area (Å²) in [6.07, 6.45) is -3.54. The Labute approximate surface area is 98.9 Å². The van der Waals surface area contributed by atoms with E-state index in [1.165, 1.54) is 0 Å². The maximum atomic E-state index is 13.4. The monoisotopic (exact) mass is 259 g/mol. The van der Waals surface area contributed by atoms with Crippen molar-refractivity contribution in [2.45, 2.75) is 6.18 Å². The van der Waals surface area contributed by atoms with Gasteiger partial charge in [-0.25, -0.2) is 9.37 Å². The van der Waals surface area contributed by atoms with E-state index in [2.05, 4.69) is 4.98 Å². The van der Waals surface area contributed by atoms with Gasteiger partial charge in [0.2, 0.25) is 5.95 Å². The van der Waals surface area contributed by atoms with Gasteiger partial charge in [-0.15, -0.1) is 0 Å². The summed E-state index contributed by atoms with van der Waals surface area (Å²) in [5.74, 6) is -1.93. The number of alkyl halides is 3. The molecule has 1 nitrogen and oxygen atoms in total. The Morgan fingerprint density at radius 3 is 2.00 bits per heavy atom. The predicted molar refractivity (Wildman–Crippen MR) is 54.6 cm³/mol. The van der Waals surface area contributed by atoms with Crippen molar-refractivity contribution < 1.29 is 22.0 Å². The second-order valence-electron chi connectivity index (χ2n) is 3.53. The number of nitrogens with zero attached hydrogens (tertiary/aromatic N) is 1. The van der Waals surface area contributed by atoms with Gasteiger partial charge in [0.1, 0.15) is 5.82 Å². The van der Waals surface area contributed by atoms with E-state index in [0.29, 0.717) is 0 Å². The van der Waals surface area contributed by atoms with Crippen LogP contribution in [0.3, 0.4) is 0 Å². The maximum Gasteiger partial charge on any atom is 0.416 e. The molecule has 0 amide bonds. The van der Waals surface area contributed by atoms with Crippen molar-refractivity contribution in [3.63, 3.8) is 0 Å². The van der Waals surface area contributed by atoms with Crippen molar-refractivity contribution in [1.82, 2.24) is 4.98 Å². The van der Waals surface area contributed by atoms with Crippen LogP contribution in [0.1, 0.15) is 5.56 Å². The third-order valence-corrected chi connectivity index (χ3v) is 2.35. The van der Waals surface area contributed by atoms with Crippen molar-refractivity contribution in [2.24, 2.45) is 0 Å². The lowest BCUT2D eigenvalue weighted by molar-refractivity contribution is -0.137. The summed E-state index contributed by atoms with van der Waals surface area (Å²) in [5, 5.41) is 0. The topological polar surface area (TPSA) is 12.9 Å². The highest BCUT2D eigenvalue weighted by Gasteiger charge is 2.30. The average Bonchev–Trinajstić information content (AvgIpc) is 2.28. The van der Waals surface area contributed by atoms with Crippen LogP contribution in [0.15, 0.2) is 36.5 Å². The fourth-order valence-corrected chi connectivity index (χ4v) is 1.50. The molecule has 0 aliphatic heterocycles. The van der Waals surface area contributed by atoms with Gasteiger partial charge in [0, 0.05) is 6.20 Å². The lowest BCUT2D eigenvalue weighted by Gasteiger charge is -2.08. The predicted octanol–water partition coefficient (Wildman–Crippen LogP) is 4.05. The molecule has 0 unspecified atom stereocenters. The van der Waals surface area contributed by atoms with Gasteiger partial charge in [-0.3, -0.25) is 0 Å². The van der Waals surface area contributed by atoms with Gasteiger partial charge < -0.3 is 0 Å². The van der Waals surface area contributed by atoms with Crippen LogP contribution in [0.5, 0.6) is 0 Å². The summed E-state index contributed by atoms with van der Waals surface area (Å²) in [6.45, 7) is 0. The lowest BCUT2D eigenvalue weighted by atomic mass is 10.0. The van der Waals surface area contributed by atoms with Gasteiger partial charge in [-0.1, -0.05) is 12.1 Å². The molecule has 0 bridgehead atoms. The Kier molecular flexibility index (Phi) is 3.02. The van der Waals surface area contributed by atoms with Crippen LogP contribution in [-0.4, -0.2) is 4.98 Å². The molecular formula is C12H6F5N. The highest BCUT2D eigenvalue weighted by Crippen LogP contribution is 2.31. The number of hydrogen-bond acceptors (Lipinski definition) is 1. The molecule has 1 aromatic heterocycles. The number of pyridine rings is 1. The third kappa shape index (κ3) is 2.32. The molecule has 0 spiro atoms. The lowest BCUT2D eigenvalue weighted by Crippen LogP contribution is -2.04. The Morgan fingerprint density at radius 2 is 1.50 bits per heavy atom. The Bertz CT molecular complexity index is 539. The smallest absolute Gasteiger partial charge is 0.228 e. The summed E-state index contributed by atoms with van der Waals surface area (Å²) in [6, 6.07) is 4.48. The molecular weight excluding hydrogens is 253 g/mol. The molecule has 0 saturated carbocycles. The highest BCUT2D eigenvalue weighted by atomic mass is 19.4. The van der Waals surface area contributed by atoms with Crippen LogP contribution in [0, 0.1) is 11.8 Å². The summed E-state index contributed by atoms with van der Waals surface area (Å²) in [7, 11) is 0. The summed E-state index contributed by atoms with van der Waals surface area (Å²) in [5.41, 5.74) is -1.31. The number of halogens is 5. The Morgan fingerprint density at radius 1 is 0.889 bits per heavy atom. The molecule has 0 fully saturated rings. The van der Waals surface area contributed by atoms with E-state index in [1.807, 2.05) is 0 Å². The zero-order chi connectivity index (χ0) is 13.3. The van der Waals surface area contributed by atoms with Crippen molar-refractivity contribution in [2.75, 3.05) is 0 Å². The summed E-state index contributed by atoms with van der Waals surface area (Å²) in [4.78, 5) is 3.26. The third-order valence-electron chi connectivity index (χ3n) is 2.35. The Hall–Kier alpha value is -1.98. The quantitative estimate of drug-likeness (QED) is 0.556. The van der Waals surface area contributed by atoms with Crippen LogP contribution in [-0.2, 0) is 6.18 Å². The molecule has 18 heavy (non-hydrogen) atoms. The second-order valence-corrected chi connectivity index (χ2v) is 3.53. The van der Waals surface area contributed by atoms with Crippen molar-refractivity contribution in [3.8, 4) is 11.1 Å². The van der Waals surface area contributed by atoms with E-state index < -0.39 is 29.1 Å².